The van der Waals surface area contributed by atoms with Gasteiger partial charge in [0.05, 0.1) is 0 Å². The molecule has 1 aromatic carbocycles. The molecule has 0 saturated carbocycles. The molecule has 122 valence electrons. The number of carbonyl (C=O) groups is 1. The lowest BCUT2D eigenvalue weighted by Gasteiger charge is -2.14. The molecule has 1 saturated heterocycles. The maximum absolute atomic E-state index is 12.3. The molecule has 0 unspecified atom stereocenters. The van der Waals surface area contributed by atoms with Crippen LogP contribution < -0.4 is 10.9 Å². The number of nitrogens with one attached hydrogen (secondary N) is 1. The molecule has 2 heterocycles. The Balaban J connectivity index is 1.51. The van der Waals surface area contributed by atoms with Crippen molar-refractivity contribution in [3.63, 3.8) is 0 Å². The highest BCUT2D eigenvalue weighted by Gasteiger charge is 2.11. The van der Waals surface area contributed by atoms with E-state index in [9.17, 15) is 9.59 Å². The topological polar surface area (TPSA) is 54.3 Å². The number of likely N-dealkylation sites (tertiary alicyclic amines) is 1. The number of aromatic nitrogens is 1. The van der Waals surface area contributed by atoms with E-state index in [1.807, 2.05) is 24.3 Å². The van der Waals surface area contributed by atoms with Crippen molar-refractivity contribution >= 4 is 16.7 Å². The van der Waals surface area contributed by atoms with Gasteiger partial charge in [-0.15, -0.1) is 0 Å². The maximum atomic E-state index is 12.3. The van der Waals surface area contributed by atoms with Crippen molar-refractivity contribution in [2.45, 2.75) is 25.8 Å². The Bertz CT molecular complexity index is 732. The summed E-state index contributed by atoms with van der Waals surface area (Å²) in [5, 5.41) is 4.46. The Morgan fingerprint density at radius 3 is 2.74 bits per heavy atom. The Labute approximate surface area is 135 Å². The highest BCUT2D eigenvalue weighted by molar-refractivity contribution is 5.82. The lowest BCUT2D eigenvalue weighted by molar-refractivity contribution is -0.121. The van der Waals surface area contributed by atoms with Crippen LogP contribution >= 0.6 is 0 Å². The van der Waals surface area contributed by atoms with Gasteiger partial charge in [0.2, 0.25) is 5.91 Å². The van der Waals surface area contributed by atoms with Gasteiger partial charge in [-0.05, 0) is 56.4 Å². The third kappa shape index (κ3) is 3.99. The van der Waals surface area contributed by atoms with E-state index in [0.717, 1.165) is 18.4 Å². The van der Waals surface area contributed by atoms with E-state index in [4.69, 9.17) is 0 Å². The Morgan fingerprint density at radius 2 is 1.91 bits per heavy atom. The zero-order valence-corrected chi connectivity index (χ0v) is 13.3. The van der Waals surface area contributed by atoms with Gasteiger partial charge in [-0.2, -0.15) is 0 Å². The Hall–Kier alpha value is -2.14. The molecule has 1 N–H and O–H groups in total. The number of fused-ring (bicyclic) bond motifs is 1. The van der Waals surface area contributed by atoms with Crippen LogP contribution in [-0.4, -0.2) is 41.6 Å². The summed E-state index contributed by atoms with van der Waals surface area (Å²) in [6.45, 7) is 4.14. The summed E-state index contributed by atoms with van der Waals surface area (Å²) >= 11 is 0. The first-order valence-electron chi connectivity index (χ1n) is 8.31. The van der Waals surface area contributed by atoms with E-state index in [1.165, 1.54) is 30.5 Å². The molecule has 0 spiro atoms. The molecule has 1 fully saturated rings. The van der Waals surface area contributed by atoms with Gasteiger partial charge >= 0.3 is 0 Å². The van der Waals surface area contributed by atoms with Crippen LogP contribution in [-0.2, 0) is 11.3 Å². The summed E-state index contributed by atoms with van der Waals surface area (Å²) in [5.74, 6) is -0.108. The van der Waals surface area contributed by atoms with Crippen molar-refractivity contribution in [2.24, 2.45) is 0 Å². The molecule has 23 heavy (non-hydrogen) atoms. The zero-order valence-electron chi connectivity index (χ0n) is 13.3. The van der Waals surface area contributed by atoms with Crippen LogP contribution in [0.25, 0.3) is 10.8 Å². The molecule has 3 rings (SSSR count). The predicted octanol–water partition coefficient (Wildman–Crippen LogP) is 1.60. The van der Waals surface area contributed by atoms with Crippen molar-refractivity contribution in [1.29, 1.82) is 0 Å². The monoisotopic (exact) mass is 313 g/mol. The minimum absolute atomic E-state index is 0.0768. The number of hydrogen-bond donors (Lipinski definition) is 1. The normalized spacial score (nSPS) is 15.1. The smallest absolute Gasteiger partial charge is 0.258 e. The molecule has 1 aromatic heterocycles. The number of benzene rings is 1. The third-order valence-corrected chi connectivity index (χ3v) is 4.37. The summed E-state index contributed by atoms with van der Waals surface area (Å²) in [6.07, 6.45) is 5.22. The summed E-state index contributed by atoms with van der Waals surface area (Å²) < 4.78 is 1.47. The second-order valence-corrected chi connectivity index (χ2v) is 6.09. The average Bonchev–Trinajstić information content (AvgIpc) is 3.08. The molecule has 5 nitrogen and oxygen atoms in total. The summed E-state index contributed by atoms with van der Waals surface area (Å²) in [4.78, 5) is 26.8. The van der Waals surface area contributed by atoms with Crippen molar-refractivity contribution in [2.75, 3.05) is 26.2 Å². The predicted molar refractivity (Wildman–Crippen MR) is 91.5 cm³/mol. The maximum Gasteiger partial charge on any atom is 0.258 e. The highest BCUT2D eigenvalue weighted by atomic mass is 16.2. The number of pyridine rings is 1. The Kier molecular flexibility index (Phi) is 5.08. The molecule has 1 aliphatic rings. The summed E-state index contributed by atoms with van der Waals surface area (Å²) in [5.41, 5.74) is -0.115. The lowest BCUT2D eigenvalue weighted by atomic mass is 10.2. The molecule has 0 atom stereocenters. The van der Waals surface area contributed by atoms with Gasteiger partial charge in [0.15, 0.2) is 0 Å². The van der Waals surface area contributed by atoms with Gasteiger partial charge in [0, 0.05) is 18.1 Å². The largest absolute Gasteiger partial charge is 0.355 e. The summed E-state index contributed by atoms with van der Waals surface area (Å²) in [6, 6.07) is 9.31. The van der Waals surface area contributed by atoms with Crippen molar-refractivity contribution in [1.82, 2.24) is 14.8 Å². The van der Waals surface area contributed by atoms with Gasteiger partial charge in [-0.1, -0.05) is 18.2 Å². The fourth-order valence-corrected chi connectivity index (χ4v) is 3.10. The third-order valence-electron chi connectivity index (χ3n) is 4.37. The molecule has 1 amide bonds. The standard InChI is InChI=1S/C18H23N3O2/c22-17(19-9-5-12-20-10-3-4-11-20)14-21-13-8-15-6-1-2-7-16(15)18(21)23/h1-2,6-8,13H,3-5,9-12,14H2,(H,19,22). The first-order valence-corrected chi connectivity index (χ1v) is 8.31. The second-order valence-electron chi connectivity index (χ2n) is 6.09. The van der Waals surface area contributed by atoms with Crippen LogP contribution in [0.1, 0.15) is 19.3 Å². The number of nitrogens with zero attached hydrogens (tertiary/aromatic N) is 2. The van der Waals surface area contributed by atoms with Crippen LogP contribution in [0.15, 0.2) is 41.3 Å². The van der Waals surface area contributed by atoms with E-state index in [-0.39, 0.29) is 18.0 Å². The van der Waals surface area contributed by atoms with E-state index >= 15 is 0 Å². The van der Waals surface area contributed by atoms with Crippen LogP contribution in [0.3, 0.4) is 0 Å². The van der Waals surface area contributed by atoms with E-state index in [0.29, 0.717) is 11.9 Å². The average molecular weight is 313 g/mol. The first-order chi connectivity index (χ1) is 11.2. The molecule has 5 heteroatoms. The van der Waals surface area contributed by atoms with Gasteiger partial charge in [-0.3, -0.25) is 9.59 Å². The fourth-order valence-electron chi connectivity index (χ4n) is 3.10. The van der Waals surface area contributed by atoms with Crippen LogP contribution in [0.2, 0.25) is 0 Å². The number of carbonyl (C=O) groups excluding carboxylic acids is 1. The Morgan fingerprint density at radius 1 is 1.13 bits per heavy atom. The van der Waals surface area contributed by atoms with E-state index in [1.54, 1.807) is 12.3 Å². The second kappa shape index (κ2) is 7.42. The quantitative estimate of drug-likeness (QED) is 0.824. The van der Waals surface area contributed by atoms with Crippen LogP contribution in [0, 0.1) is 0 Å². The lowest BCUT2D eigenvalue weighted by Crippen LogP contribution is -2.33. The first kappa shape index (κ1) is 15.7. The molecule has 1 aliphatic heterocycles. The number of amides is 1. The van der Waals surface area contributed by atoms with Gasteiger partial charge in [-0.25, -0.2) is 0 Å². The zero-order chi connectivity index (χ0) is 16.1. The van der Waals surface area contributed by atoms with Crippen molar-refractivity contribution < 1.29 is 4.79 Å². The van der Waals surface area contributed by atoms with E-state index in [2.05, 4.69) is 10.2 Å². The fraction of sp³-hybridized carbons (Fsp3) is 0.444. The molecule has 0 bridgehead atoms. The number of hydrogen-bond acceptors (Lipinski definition) is 3. The van der Waals surface area contributed by atoms with Crippen molar-refractivity contribution in [3.05, 3.63) is 46.9 Å². The molecule has 2 aromatic rings. The summed E-state index contributed by atoms with van der Waals surface area (Å²) in [7, 11) is 0. The van der Waals surface area contributed by atoms with Gasteiger partial charge < -0.3 is 14.8 Å². The van der Waals surface area contributed by atoms with Crippen molar-refractivity contribution in [3.8, 4) is 0 Å². The van der Waals surface area contributed by atoms with Gasteiger partial charge in [0.1, 0.15) is 6.54 Å². The van der Waals surface area contributed by atoms with Gasteiger partial charge in [0.25, 0.3) is 5.56 Å². The molecule has 0 aliphatic carbocycles. The van der Waals surface area contributed by atoms with E-state index < -0.39 is 0 Å². The minimum Gasteiger partial charge on any atom is -0.355 e. The minimum atomic E-state index is -0.115. The van der Waals surface area contributed by atoms with Crippen LogP contribution in [0.5, 0.6) is 0 Å². The molecule has 0 radical (unpaired) electrons. The molecular formula is C18H23N3O2. The number of rotatable bonds is 6. The highest BCUT2D eigenvalue weighted by Crippen LogP contribution is 2.08. The van der Waals surface area contributed by atoms with Crippen LogP contribution in [0.4, 0.5) is 0 Å². The SMILES string of the molecule is O=C(Cn1ccc2ccccc2c1=O)NCCCN1CCCC1. The molecular weight excluding hydrogens is 290 g/mol.